The first-order valence-electron chi connectivity index (χ1n) is 6.12. The van der Waals surface area contributed by atoms with Gasteiger partial charge in [-0.15, -0.1) is 11.8 Å². The Morgan fingerprint density at radius 2 is 1.89 bits per heavy atom. The van der Waals surface area contributed by atoms with Crippen LogP contribution in [-0.4, -0.2) is 24.2 Å². The fourth-order valence-corrected chi connectivity index (χ4v) is 2.25. The quantitative estimate of drug-likeness (QED) is 0.834. The lowest BCUT2D eigenvalue weighted by Crippen LogP contribution is -2.39. The molecule has 0 aliphatic rings. The van der Waals surface area contributed by atoms with E-state index in [0.717, 1.165) is 11.4 Å². The van der Waals surface area contributed by atoms with Gasteiger partial charge in [0.25, 0.3) is 0 Å². The monoisotopic (exact) mass is 266 g/mol. The Kier molecular flexibility index (Phi) is 5.23. The van der Waals surface area contributed by atoms with E-state index in [-0.39, 0.29) is 5.91 Å². The molecule has 3 nitrogen and oxygen atoms in total. The highest BCUT2D eigenvalue weighted by Gasteiger charge is 2.20. The van der Waals surface area contributed by atoms with E-state index in [4.69, 9.17) is 5.73 Å². The van der Waals surface area contributed by atoms with Crippen LogP contribution in [0.15, 0.2) is 29.2 Å². The Labute approximate surface area is 114 Å². The fraction of sp³-hybridized carbons (Fsp3) is 0.500. The first kappa shape index (κ1) is 15.1. The highest BCUT2D eigenvalue weighted by molar-refractivity contribution is 7.99. The van der Waals surface area contributed by atoms with Crippen LogP contribution in [0, 0.1) is 0 Å². The second-order valence-electron chi connectivity index (χ2n) is 5.05. The number of nitrogens with two attached hydrogens (primary N) is 1. The molecule has 0 atom stereocenters. The van der Waals surface area contributed by atoms with Gasteiger partial charge < -0.3 is 10.6 Å². The highest BCUT2D eigenvalue weighted by Crippen LogP contribution is 2.22. The van der Waals surface area contributed by atoms with Crippen molar-refractivity contribution in [2.24, 2.45) is 5.73 Å². The third kappa shape index (κ3) is 4.70. The molecule has 0 aliphatic carbocycles. The molecule has 100 valence electrons. The molecule has 0 radical (unpaired) electrons. The second-order valence-corrected chi connectivity index (χ2v) is 6.38. The van der Waals surface area contributed by atoms with E-state index in [1.807, 2.05) is 38.1 Å². The van der Waals surface area contributed by atoms with Crippen molar-refractivity contribution in [3.8, 4) is 0 Å². The predicted octanol–water partition coefficient (Wildman–Crippen LogP) is 2.89. The van der Waals surface area contributed by atoms with Crippen molar-refractivity contribution >= 4 is 23.4 Å². The number of hydrogen-bond acceptors (Lipinski definition) is 3. The van der Waals surface area contributed by atoms with Gasteiger partial charge in [0, 0.05) is 29.6 Å². The number of anilines is 1. The molecule has 0 fully saturated rings. The van der Waals surface area contributed by atoms with Crippen molar-refractivity contribution in [2.45, 2.75) is 37.6 Å². The van der Waals surface area contributed by atoms with E-state index >= 15 is 0 Å². The molecular weight excluding hydrogens is 244 g/mol. The van der Waals surface area contributed by atoms with Crippen LogP contribution >= 0.6 is 11.8 Å². The third-order valence-corrected chi connectivity index (χ3v) is 3.41. The van der Waals surface area contributed by atoms with Crippen molar-refractivity contribution in [1.82, 2.24) is 0 Å². The van der Waals surface area contributed by atoms with Crippen molar-refractivity contribution in [1.29, 1.82) is 0 Å². The van der Waals surface area contributed by atoms with Crippen LogP contribution < -0.4 is 10.6 Å². The summed E-state index contributed by atoms with van der Waals surface area (Å²) in [5, 5.41) is 0. The van der Waals surface area contributed by atoms with Gasteiger partial charge in [-0.3, -0.25) is 4.79 Å². The number of benzene rings is 1. The minimum Gasteiger partial charge on any atom is -0.325 e. The molecule has 18 heavy (non-hydrogen) atoms. The summed E-state index contributed by atoms with van der Waals surface area (Å²) in [7, 11) is 1.79. The largest absolute Gasteiger partial charge is 0.325 e. The van der Waals surface area contributed by atoms with Crippen molar-refractivity contribution in [3.63, 3.8) is 0 Å². The molecule has 0 aliphatic heterocycles. The summed E-state index contributed by atoms with van der Waals surface area (Å²) in [6.07, 6.45) is 0.342. The topological polar surface area (TPSA) is 46.3 Å². The van der Waals surface area contributed by atoms with Gasteiger partial charge in [-0.2, -0.15) is 0 Å². The lowest BCUT2D eigenvalue weighted by molar-refractivity contribution is -0.119. The maximum atomic E-state index is 12.0. The summed E-state index contributed by atoms with van der Waals surface area (Å²) in [5.74, 6) is 1.09. The molecular formula is C14H22N2OS. The lowest BCUT2D eigenvalue weighted by atomic mass is 10.0. The SMILES string of the molecule is CCSc1ccc(N(C)C(=O)CC(C)(C)N)cc1. The molecule has 0 saturated carbocycles. The molecule has 0 heterocycles. The maximum absolute atomic E-state index is 12.0. The van der Waals surface area contributed by atoms with Crippen molar-refractivity contribution in [2.75, 3.05) is 17.7 Å². The summed E-state index contributed by atoms with van der Waals surface area (Å²) >= 11 is 1.79. The van der Waals surface area contributed by atoms with Crippen LogP contribution in [0.2, 0.25) is 0 Å². The van der Waals surface area contributed by atoms with E-state index in [2.05, 4.69) is 6.92 Å². The molecule has 1 aromatic carbocycles. The molecule has 4 heteroatoms. The summed E-state index contributed by atoms with van der Waals surface area (Å²) in [6, 6.07) is 8.03. The number of nitrogens with zero attached hydrogens (tertiary/aromatic N) is 1. The van der Waals surface area contributed by atoms with E-state index < -0.39 is 5.54 Å². The Balaban J connectivity index is 2.71. The van der Waals surface area contributed by atoms with Gasteiger partial charge in [-0.25, -0.2) is 0 Å². The van der Waals surface area contributed by atoms with Gasteiger partial charge in [0.15, 0.2) is 0 Å². The second kappa shape index (κ2) is 6.25. The number of hydrogen-bond donors (Lipinski definition) is 1. The van der Waals surface area contributed by atoms with Crippen LogP contribution in [-0.2, 0) is 4.79 Å². The highest BCUT2D eigenvalue weighted by atomic mass is 32.2. The summed E-state index contributed by atoms with van der Waals surface area (Å²) in [6.45, 7) is 5.84. The van der Waals surface area contributed by atoms with Gasteiger partial charge >= 0.3 is 0 Å². The normalized spacial score (nSPS) is 11.4. The van der Waals surface area contributed by atoms with Gasteiger partial charge in [0.2, 0.25) is 5.91 Å². The lowest BCUT2D eigenvalue weighted by Gasteiger charge is -2.23. The molecule has 0 aromatic heterocycles. The van der Waals surface area contributed by atoms with Crippen LogP contribution in [0.4, 0.5) is 5.69 Å². The van der Waals surface area contributed by atoms with Crippen LogP contribution in [0.1, 0.15) is 27.2 Å². The van der Waals surface area contributed by atoms with Crippen LogP contribution in [0.3, 0.4) is 0 Å². The number of carbonyl (C=O) groups is 1. The summed E-state index contributed by atoms with van der Waals surface area (Å²) in [4.78, 5) is 14.9. The Bertz CT molecular complexity index is 395. The number of carbonyl (C=O) groups excluding carboxylic acids is 1. The molecule has 1 rings (SSSR count). The molecule has 1 aromatic rings. The first-order chi connectivity index (χ1) is 8.33. The smallest absolute Gasteiger partial charge is 0.228 e. The molecule has 0 unspecified atom stereocenters. The van der Waals surface area contributed by atoms with E-state index in [1.54, 1.807) is 23.7 Å². The minimum atomic E-state index is -0.469. The Morgan fingerprint density at radius 3 is 2.33 bits per heavy atom. The molecule has 2 N–H and O–H groups in total. The zero-order chi connectivity index (χ0) is 13.8. The van der Waals surface area contributed by atoms with Crippen molar-refractivity contribution < 1.29 is 4.79 Å². The van der Waals surface area contributed by atoms with E-state index in [9.17, 15) is 4.79 Å². The minimum absolute atomic E-state index is 0.0402. The van der Waals surface area contributed by atoms with Gasteiger partial charge in [0.1, 0.15) is 0 Å². The average molecular weight is 266 g/mol. The third-order valence-electron chi connectivity index (χ3n) is 2.52. The molecule has 1 amide bonds. The molecule has 0 bridgehead atoms. The fourth-order valence-electron chi connectivity index (χ4n) is 1.58. The summed E-state index contributed by atoms with van der Waals surface area (Å²) < 4.78 is 0. The zero-order valence-electron chi connectivity index (χ0n) is 11.6. The van der Waals surface area contributed by atoms with Crippen LogP contribution in [0.25, 0.3) is 0 Å². The number of rotatable bonds is 5. The number of amides is 1. The zero-order valence-corrected chi connectivity index (χ0v) is 12.4. The first-order valence-corrected chi connectivity index (χ1v) is 7.10. The predicted molar refractivity (Wildman–Crippen MR) is 79.1 cm³/mol. The maximum Gasteiger partial charge on any atom is 0.228 e. The average Bonchev–Trinajstić information content (AvgIpc) is 2.27. The summed E-state index contributed by atoms with van der Waals surface area (Å²) in [5.41, 5.74) is 6.30. The molecule has 0 spiro atoms. The Morgan fingerprint density at radius 1 is 1.33 bits per heavy atom. The Hall–Kier alpha value is -1.00. The van der Waals surface area contributed by atoms with Crippen LogP contribution in [0.5, 0.6) is 0 Å². The van der Waals surface area contributed by atoms with Gasteiger partial charge in [-0.05, 0) is 43.9 Å². The van der Waals surface area contributed by atoms with E-state index in [0.29, 0.717) is 6.42 Å². The van der Waals surface area contributed by atoms with Gasteiger partial charge in [-0.1, -0.05) is 6.92 Å². The van der Waals surface area contributed by atoms with E-state index in [1.165, 1.54) is 4.90 Å². The van der Waals surface area contributed by atoms with Crippen molar-refractivity contribution in [3.05, 3.63) is 24.3 Å². The standard InChI is InChI=1S/C14H22N2OS/c1-5-18-12-8-6-11(7-9-12)16(4)13(17)10-14(2,3)15/h6-9H,5,10,15H2,1-4H3. The number of thioether (sulfide) groups is 1. The van der Waals surface area contributed by atoms with Gasteiger partial charge in [0.05, 0.1) is 0 Å². The molecule has 0 saturated heterocycles.